The van der Waals surface area contributed by atoms with Gasteiger partial charge in [-0.05, 0) is 23.1 Å². The van der Waals surface area contributed by atoms with E-state index >= 15 is 0 Å². The van der Waals surface area contributed by atoms with Crippen LogP contribution in [0.4, 0.5) is 0 Å². The van der Waals surface area contributed by atoms with Crippen LogP contribution < -0.4 is 4.74 Å². The molecule has 1 heterocycles. The molecule has 0 aliphatic rings. The van der Waals surface area contributed by atoms with E-state index in [1.165, 1.54) is 16.5 Å². The van der Waals surface area contributed by atoms with Crippen LogP contribution >= 0.6 is 0 Å². The summed E-state index contributed by atoms with van der Waals surface area (Å²) in [4.78, 5) is 15.5. The van der Waals surface area contributed by atoms with Crippen molar-refractivity contribution in [3.63, 3.8) is 0 Å². The van der Waals surface area contributed by atoms with E-state index in [4.69, 9.17) is 4.74 Å². The summed E-state index contributed by atoms with van der Waals surface area (Å²) in [6.45, 7) is 6.48. The van der Waals surface area contributed by atoms with Gasteiger partial charge in [0, 0.05) is 12.4 Å². The Labute approximate surface area is 113 Å². The first-order chi connectivity index (χ1) is 8.97. The Morgan fingerprint density at radius 2 is 1.95 bits per heavy atom. The van der Waals surface area contributed by atoms with Gasteiger partial charge in [0.05, 0.1) is 0 Å². The van der Waals surface area contributed by atoms with E-state index < -0.39 is 0 Å². The van der Waals surface area contributed by atoms with Gasteiger partial charge in [-0.25, -0.2) is 4.98 Å². The van der Waals surface area contributed by atoms with Crippen LogP contribution in [0.25, 0.3) is 0 Å². The number of carbonyl (C=O) groups excluding carboxylic acids is 1. The third kappa shape index (κ3) is 3.44. The van der Waals surface area contributed by atoms with Gasteiger partial charge in [-0.15, -0.1) is 0 Å². The number of imidazole rings is 1. The molecule has 0 saturated heterocycles. The zero-order valence-corrected chi connectivity index (χ0v) is 11.5. The molecule has 1 aromatic heterocycles. The topological polar surface area (TPSA) is 44.1 Å². The molecule has 0 radical (unpaired) electrons. The van der Waals surface area contributed by atoms with Gasteiger partial charge in [0.2, 0.25) is 0 Å². The fourth-order valence-electron chi connectivity index (χ4n) is 1.68. The van der Waals surface area contributed by atoms with Crippen molar-refractivity contribution < 1.29 is 9.53 Å². The molecule has 0 amide bonds. The molecule has 4 heteroatoms. The van der Waals surface area contributed by atoms with E-state index in [9.17, 15) is 4.79 Å². The highest BCUT2D eigenvalue weighted by Gasteiger charge is 2.13. The minimum atomic E-state index is -0.141. The third-order valence-corrected chi connectivity index (χ3v) is 2.88. The average Bonchev–Trinajstić information content (AvgIpc) is 2.89. The first-order valence-corrected chi connectivity index (χ1v) is 6.21. The van der Waals surface area contributed by atoms with Crippen LogP contribution in [0.5, 0.6) is 5.75 Å². The van der Waals surface area contributed by atoms with Crippen molar-refractivity contribution in [2.45, 2.75) is 26.2 Å². The van der Waals surface area contributed by atoms with Gasteiger partial charge >= 0.3 is 0 Å². The van der Waals surface area contributed by atoms with Crippen LogP contribution in [0.15, 0.2) is 43.0 Å². The predicted octanol–water partition coefficient (Wildman–Crippen LogP) is 2.90. The lowest BCUT2D eigenvalue weighted by Gasteiger charge is -2.19. The number of benzene rings is 1. The maximum absolute atomic E-state index is 11.7. The van der Waals surface area contributed by atoms with Crippen LogP contribution in [-0.4, -0.2) is 22.1 Å². The van der Waals surface area contributed by atoms with Gasteiger partial charge in [0.1, 0.15) is 12.1 Å². The van der Waals surface area contributed by atoms with Crippen molar-refractivity contribution in [2.75, 3.05) is 6.61 Å². The zero-order chi connectivity index (χ0) is 13.9. The number of carbonyl (C=O) groups is 1. The lowest BCUT2D eigenvalue weighted by atomic mass is 9.87. The third-order valence-electron chi connectivity index (χ3n) is 2.88. The highest BCUT2D eigenvalue weighted by atomic mass is 16.5. The highest BCUT2D eigenvalue weighted by molar-refractivity contribution is 5.80. The number of aromatic nitrogens is 2. The lowest BCUT2D eigenvalue weighted by Crippen LogP contribution is -2.17. The molecule has 2 rings (SSSR count). The molecule has 0 aliphatic heterocycles. The first kappa shape index (κ1) is 13.3. The van der Waals surface area contributed by atoms with Crippen LogP contribution in [0.3, 0.4) is 0 Å². The molecule has 0 atom stereocenters. The highest BCUT2D eigenvalue weighted by Crippen LogP contribution is 2.24. The molecule has 0 unspecified atom stereocenters. The molecular weight excluding hydrogens is 240 g/mol. The Hall–Kier alpha value is -2.10. The summed E-state index contributed by atoms with van der Waals surface area (Å²) in [6.07, 6.45) is 4.64. The van der Waals surface area contributed by atoms with Crippen molar-refractivity contribution in [3.8, 4) is 5.75 Å². The van der Waals surface area contributed by atoms with Crippen LogP contribution in [0, 0.1) is 0 Å². The van der Waals surface area contributed by atoms with E-state index in [1.54, 1.807) is 12.4 Å². The van der Waals surface area contributed by atoms with Gasteiger partial charge in [-0.3, -0.25) is 9.36 Å². The fourth-order valence-corrected chi connectivity index (χ4v) is 1.68. The lowest BCUT2D eigenvalue weighted by molar-refractivity contribution is 0.0837. The van der Waals surface area contributed by atoms with Crippen LogP contribution in [0.2, 0.25) is 0 Å². The molecule has 4 nitrogen and oxygen atoms in total. The molecule has 2 aromatic rings. The van der Waals surface area contributed by atoms with Gasteiger partial charge < -0.3 is 4.74 Å². The number of nitrogens with zero attached hydrogens (tertiary/aromatic N) is 2. The average molecular weight is 258 g/mol. The fraction of sp³-hybridized carbons (Fsp3) is 0.333. The Kier molecular flexibility index (Phi) is 3.69. The summed E-state index contributed by atoms with van der Waals surface area (Å²) in [5, 5.41) is 0. The monoisotopic (exact) mass is 258 g/mol. The maximum Gasteiger partial charge on any atom is 0.269 e. The van der Waals surface area contributed by atoms with Crippen molar-refractivity contribution in [1.82, 2.24) is 9.55 Å². The van der Waals surface area contributed by atoms with E-state index in [0.717, 1.165) is 0 Å². The Balaban J connectivity index is 1.95. The minimum absolute atomic E-state index is 0.00518. The SMILES string of the molecule is CC(C)(C)c1ccc(OCC(=O)n2ccnc2)cc1. The molecule has 1 aromatic carbocycles. The molecule has 0 aliphatic carbocycles. The molecule has 0 fully saturated rings. The Bertz CT molecular complexity index is 537. The van der Waals surface area contributed by atoms with Gasteiger partial charge in [-0.1, -0.05) is 32.9 Å². The normalized spacial score (nSPS) is 11.3. The molecule has 0 saturated carbocycles. The van der Waals surface area contributed by atoms with E-state index in [0.29, 0.717) is 5.75 Å². The Morgan fingerprint density at radius 1 is 1.26 bits per heavy atom. The summed E-state index contributed by atoms with van der Waals surface area (Å²) < 4.78 is 6.87. The van der Waals surface area contributed by atoms with Crippen LogP contribution in [-0.2, 0) is 5.41 Å². The summed E-state index contributed by atoms with van der Waals surface area (Å²) >= 11 is 0. The number of hydrogen-bond donors (Lipinski definition) is 0. The molecular formula is C15H18N2O2. The molecule has 0 bridgehead atoms. The van der Waals surface area contributed by atoms with Gasteiger partial charge in [-0.2, -0.15) is 0 Å². The first-order valence-electron chi connectivity index (χ1n) is 6.21. The second-order valence-corrected chi connectivity index (χ2v) is 5.43. The summed E-state index contributed by atoms with van der Waals surface area (Å²) in [6, 6.07) is 7.83. The number of hydrogen-bond acceptors (Lipinski definition) is 3. The van der Waals surface area contributed by atoms with Crippen molar-refractivity contribution in [1.29, 1.82) is 0 Å². The molecule has 100 valence electrons. The van der Waals surface area contributed by atoms with Crippen LogP contribution in [0.1, 0.15) is 31.1 Å². The molecule has 19 heavy (non-hydrogen) atoms. The van der Waals surface area contributed by atoms with Crippen molar-refractivity contribution in [3.05, 3.63) is 48.5 Å². The van der Waals surface area contributed by atoms with Crippen molar-refractivity contribution >= 4 is 5.91 Å². The Morgan fingerprint density at radius 3 is 2.47 bits per heavy atom. The summed E-state index contributed by atoms with van der Waals surface area (Å²) in [5.41, 5.74) is 1.35. The smallest absolute Gasteiger partial charge is 0.269 e. The largest absolute Gasteiger partial charge is 0.484 e. The van der Waals surface area contributed by atoms with Gasteiger partial charge in [0.25, 0.3) is 5.91 Å². The second kappa shape index (κ2) is 5.26. The zero-order valence-electron chi connectivity index (χ0n) is 11.5. The van der Waals surface area contributed by atoms with E-state index in [2.05, 4.69) is 25.8 Å². The molecule has 0 N–H and O–H groups in total. The maximum atomic E-state index is 11.7. The standard InChI is InChI=1S/C15H18N2O2/c1-15(2,3)12-4-6-13(7-5-12)19-10-14(18)17-9-8-16-11-17/h4-9,11H,10H2,1-3H3. The number of ether oxygens (including phenoxy) is 1. The summed E-state index contributed by atoms with van der Waals surface area (Å²) in [5.74, 6) is 0.555. The predicted molar refractivity (Wildman–Crippen MR) is 73.5 cm³/mol. The van der Waals surface area contributed by atoms with Gasteiger partial charge in [0.15, 0.2) is 6.61 Å². The van der Waals surface area contributed by atoms with E-state index in [-0.39, 0.29) is 17.9 Å². The quantitative estimate of drug-likeness (QED) is 0.850. The van der Waals surface area contributed by atoms with E-state index in [1.807, 2.05) is 24.3 Å². The molecule has 0 spiro atoms. The number of rotatable bonds is 3. The van der Waals surface area contributed by atoms with Crippen molar-refractivity contribution in [2.24, 2.45) is 0 Å². The minimum Gasteiger partial charge on any atom is -0.484 e. The second-order valence-electron chi connectivity index (χ2n) is 5.43. The summed E-state index contributed by atoms with van der Waals surface area (Å²) in [7, 11) is 0.